The molecule has 3 aromatic rings. The molecule has 0 saturated carbocycles. The number of carbonyl (C=O) groups excluding carboxylic acids is 2. The zero-order chi connectivity index (χ0) is 30.8. The lowest BCUT2D eigenvalue weighted by atomic mass is 10.1. The van der Waals surface area contributed by atoms with E-state index in [1.54, 1.807) is 38.1 Å². The van der Waals surface area contributed by atoms with Gasteiger partial charge in [0.25, 0.3) is 11.8 Å². The highest BCUT2D eigenvalue weighted by Gasteiger charge is 2.18. The Hall–Kier alpha value is -5.33. The van der Waals surface area contributed by atoms with Gasteiger partial charge in [-0.3, -0.25) is 14.6 Å². The molecule has 1 heterocycles. The zero-order valence-electron chi connectivity index (χ0n) is 24.6. The van der Waals surface area contributed by atoms with Crippen LogP contribution in [0.4, 0.5) is 0 Å². The quantitative estimate of drug-likeness (QED) is 0.243. The highest BCUT2D eigenvalue weighted by Crippen LogP contribution is 2.38. The number of ether oxygens (including phenoxy) is 6. The van der Waals surface area contributed by atoms with Gasteiger partial charge in [-0.15, -0.1) is 0 Å². The molecule has 2 aromatic carbocycles. The normalized spacial score (nSPS) is 10.9. The standard InChI is InChI=1S/C29H33N5O8/c1-16-20(28(35)33-30-14-18-9-22(37-3)26(41-7)23(10-18)38-4)13-21(17(2)32-16)29(36)34-31-15-19-11-24(39-5)27(42-8)25(12-19)40-6/h9-15H,1-8H3,(H,33,35)(H,34,36)/b30-14+,31-15+. The number of benzene rings is 2. The molecule has 13 nitrogen and oxygen atoms in total. The minimum absolute atomic E-state index is 0.168. The summed E-state index contributed by atoms with van der Waals surface area (Å²) in [6.45, 7) is 3.32. The molecule has 0 aliphatic heterocycles. The van der Waals surface area contributed by atoms with E-state index in [0.29, 0.717) is 57.0 Å². The van der Waals surface area contributed by atoms with Crippen molar-refractivity contribution in [1.82, 2.24) is 15.8 Å². The third kappa shape index (κ3) is 7.05. The lowest BCUT2D eigenvalue weighted by Gasteiger charge is -2.13. The summed E-state index contributed by atoms with van der Waals surface area (Å²) in [4.78, 5) is 30.2. The van der Waals surface area contributed by atoms with Gasteiger partial charge in [0.15, 0.2) is 23.0 Å². The summed E-state index contributed by atoms with van der Waals surface area (Å²) in [6.07, 6.45) is 2.84. The second-order valence-corrected chi connectivity index (χ2v) is 8.57. The molecule has 222 valence electrons. The Labute approximate surface area is 243 Å². The van der Waals surface area contributed by atoms with Gasteiger partial charge >= 0.3 is 0 Å². The number of pyridine rings is 1. The Morgan fingerprint density at radius 1 is 0.595 bits per heavy atom. The van der Waals surface area contributed by atoms with Crippen LogP contribution in [0.3, 0.4) is 0 Å². The van der Waals surface area contributed by atoms with Crippen LogP contribution >= 0.6 is 0 Å². The third-order valence-corrected chi connectivity index (χ3v) is 6.03. The van der Waals surface area contributed by atoms with E-state index in [-0.39, 0.29) is 11.1 Å². The Balaban J connectivity index is 1.76. The summed E-state index contributed by atoms with van der Waals surface area (Å²) in [5.41, 5.74) is 7.27. The molecular weight excluding hydrogens is 546 g/mol. The van der Waals surface area contributed by atoms with Crippen molar-refractivity contribution in [1.29, 1.82) is 0 Å². The van der Waals surface area contributed by atoms with Crippen LogP contribution in [0.5, 0.6) is 34.5 Å². The minimum Gasteiger partial charge on any atom is -0.493 e. The molecule has 0 atom stereocenters. The van der Waals surface area contributed by atoms with Crippen LogP contribution in [0.25, 0.3) is 0 Å². The molecule has 0 aliphatic carbocycles. The molecule has 0 bridgehead atoms. The van der Waals surface area contributed by atoms with E-state index in [0.717, 1.165) is 0 Å². The van der Waals surface area contributed by atoms with Gasteiger partial charge in [-0.05, 0) is 44.2 Å². The van der Waals surface area contributed by atoms with Crippen LogP contribution in [0.2, 0.25) is 0 Å². The number of aromatic nitrogens is 1. The summed E-state index contributed by atoms with van der Waals surface area (Å²) >= 11 is 0. The van der Waals surface area contributed by atoms with Crippen molar-refractivity contribution in [2.45, 2.75) is 13.8 Å². The number of hydrogen-bond donors (Lipinski definition) is 2. The van der Waals surface area contributed by atoms with Gasteiger partial charge < -0.3 is 28.4 Å². The Morgan fingerprint density at radius 3 is 1.21 bits per heavy atom. The van der Waals surface area contributed by atoms with Gasteiger partial charge in [0.2, 0.25) is 11.5 Å². The molecule has 42 heavy (non-hydrogen) atoms. The number of nitrogens with one attached hydrogen (secondary N) is 2. The fourth-order valence-corrected chi connectivity index (χ4v) is 3.99. The van der Waals surface area contributed by atoms with E-state index in [1.807, 2.05) is 0 Å². The SMILES string of the molecule is COc1cc(/C=N/NC(=O)c2cc(C(=O)N/N=C/c3cc(OC)c(OC)c(OC)c3)c(C)nc2C)cc(OC)c1OC. The molecule has 0 saturated heterocycles. The first-order valence-corrected chi connectivity index (χ1v) is 12.5. The van der Waals surface area contributed by atoms with Crippen molar-refractivity contribution < 1.29 is 38.0 Å². The summed E-state index contributed by atoms with van der Waals surface area (Å²) in [5.74, 6) is 1.50. The predicted octanol–water partition coefficient (Wildman–Crippen LogP) is 3.28. The lowest BCUT2D eigenvalue weighted by molar-refractivity contribution is 0.0954. The number of carbonyl (C=O) groups is 2. The predicted molar refractivity (Wildman–Crippen MR) is 156 cm³/mol. The highest BCUT2D eigenvalue weighted by molar-refractivity contribution is 6.01. The maximum Gasteiger partial charge on any atom is 0.273 e. The number of rotatable bonds is 12. The molecule has 0 spiro atoms. The number of amides is 2. The van der Waals surface area contributed by atoms with Crippen LogP contribution in [0.15, 0.2) is 40.5 Å². The van der Waals surface area contributed by atoms with Crippen LogP contribution in [0, 0.1) is 13.8 Å². The van der Waals surface area contributed by atoms with Crippen molar-refractivity contribution in [3.8, 4) is 34.5 Å². The largest absolute Gasteiger partial charge is 0.493 e. The zero-order valence-corrected chi connectivity index (χ0v) is 24.6. The summed E-state index contributed by atoms with van der Waals surface area (Å²) in [6, 6.07) is 8.15. The molecule has 13 heteroatoms. The van der Waals surface area contributed by atoms with Crippen LogP contribution in [0.1, 0.15) is 43.2 Å². The van der Waals surface area contributed by atoms with Crippen LogP contribution in [-0.4, -0.2) is 71.9 Å². The summed E-state index contributed by atoms with van der Waals surface area (Å²) in [5, 5.41) is 8.06. The average Bonchev–Trinajstić information content (AvgIpc) is 2.99. The monoisotopic (exact) mass is 579 g/mol. The summed E-state index contributed by atoms with van der Waals surface area (Å²) < 4.78 is 32.0. The first-order chi connectivity index (χ1) is 20.2. The van der Waals surface area contributed by atoms with Crippen LogP contribution in [-0.2, 0) is 0 Å². The lowest BCUT2D eigenvalue weighted by Crippen LogP contribution is -2.23. The van der Waals surface area contributed by atoms with E-state index >= 15 is 0 Å². The van der Waals surface area contributed by atoms with Gasteiger partial charge in [0, 0.05) is 11.1 Å². The number of aryl methyl sites for hydroxylation is 2. The number of hydrogen-bond acceptors (Lipinski definition) is 11. The number of hydrazone groups is 2. The number of nitrogens with zero attached hydrogens (tertiary/aromatic N) is 3. The van der Waals surface area contributed by atoms with Gasteiger partial charge in [-0.25, -0.2) is 10.9 Å². The highest BCUT2D eigenvalue weighted by atomic mass is 16.5. The van der Waals surface area contributed by atoms with Gasteiger partial charge in [-0.1, -0.05) is 0 Å². The molecule has 2 N–H and O–H groups in total. The Kier molecular flexibility index (Phi) is 10.7. The van der Waals surface area contributed by atoms with E-state index in [1.165, 1.54) is 61.2 Å². The maximum atomic E-state index is 12.9. The van der Waals surface area contributed by atoms with E-state index in [4.69, 9.17) is 28.4 Å². The summed E-state index contributed by atoms with van der Waals surface area (Å²) in [7, 11) is 9.00. The second-order valence-electron chi connectivity index (χ2n) is 8.57. The van der Waals surface area contributed by atoms with E-state index in [9.17, 15) is 9.59 Å². The van der Waals surface area contributed by atoms with Crippen LogP contribution < -0.4 is 39.3 Å². The molecule has 0 aliphatic rings. The van der Waals surface area contributed by atoms with E-state index < -0.39 is 11.8 Å². The van der Waals surface area contributed by atoms with Crippen molar-refractivity contribution in [2.75, 3.05) is 42.7 Å². The smallest absolute Gasteiger partial charge is 0.273 e. The van der Waals surface area contributed by atoms with Gasteiger partial charge in [0.05, 0.1) is 77.6 Å². The average molecular weight is 580 g/mol. The molecule has 1 aromatic heterocycles. The third-order valence-electron chi connectivity index (χ3n) is 6.03. The van der Waals surface area contributed by atoms with Crippen molar-refractivity contribution >= 4 is 24.2 Å². The first kappa shape index (κ1) is 31.2. The molecular formula is C29H33N5O8. The molecule has 0 radical (unpaired) electrons. The fraction of sp³-hybridized carbons (Fsp3) is 0.276. The number of methoxy groups -OCH3 is 6. The fourth-order valence-electron chi connectivity index (χ4n) is 3.99. The van der Waals surface area contributed by atoms with Gasteiger partial charge in [-0.2, -0.15) is 10.2 Å². The Morgan fingerprint density at radius 2 is 0.929 bits per heavy atom. The maximum absolute atomic E-state index is 12.9. The van der Waals surface area contributed by atoms with Crippen molar-refractivity contribution in [2.24, 2.45) is 10.2 Å². The Bertz CT molecular complexity index is 1360. The molecule has 0 unspecified atom stereocenters. The van der Waals surface area contributed by atoms with E-state index in [2.05, 4.69) is 26.0 Å². The van der Waals surface area contributed by atoms with Crippen molar-refractivity contribution in [3.63, 3.8) is 0 Å². The second kappa shape index (κ2) is 14.3. The molecule has 2 amide bonds. The topological polar surface area (TPSA) is 151 Å². The molecule has 3 rings (SSSR count). The minimum atomic E-state index is -0.557. The van der Waals surface area contributed by atoms with Gasteiger partial charge in [0.1, 0.15) is 0 Å². The first-order valence-electron chi connectivity index (χ1n) is 12.5. The molecule has 0 fully saturated rings. The van der Waals surface area contributed by atoms with Crippen molar-refractivity contribution in [3.05, 3.63) is 64.0 Å².